The van der Waals surface area contributed by atoms with Crippen molar-refractivity contribution in [3.05, 3.63) is 70.1 Å². The van der Waals surface area contributed by atoms with E-state index < -0.39 is 11.7 Å². The standard InChI is InChI=1S/C23H21ClFN5O2/c1-13-2-5-15(6-3-13)27-22(32)29-11-18-19(21(26)31)20(14-4-7-17(25)16(24)10-14)28-30(18)12-23(29)8-9-23/h2-7,10H,8-9,11-12H2,1H3,(H2,26,31)(H,27,32). The SMILES string of the molecule is Cc1ccc(NC(=O)N2Cc3c(C(N)=O)c(-c4ccc(F)c(Cl)c4)nn3CC23CC3)cc1. The number of aromatic nitrogens is 2. The van der Waals surface area contributed by atoms with Crippen LogP contribution in [0.2, 0.25) is 5.02 Å². The molecule has 2 aromatic carbocycles. The first-order valence-electron chi connectivity index (χ1n) is 10.3. The van der Waals surface area contributed by atoms with Gasteiger partial charge in [-0.15, -0.1) is 0 Å². The van der Waals surface area contributed by atoms with Gasteiger partial charge in [0.1, 0.15) is 11.5 Å². The van der Waals surface area contributed by atoms with E-state index in [1.807, 2.05) is 31.2 Å². The fraction of sp³-hybridized carbons (Fsp3) is 0.261. The number of fused-ring (bicyclic) bond motifs is 1. The monoisotopic (exact) mass is 453 g/mol. The molecule has 3 aromatic rings. The van der Waals surface area contributed by atoms with Crippen LogP contribution in [0.3, 0.4) is 0 Å². The van der Waals surface area contributed by atoms with Gasteiger partial charge in [-0.05, 0) is 50.1 Å². The van der Waals surface area contributed by atoms with Crippen molar-refractivity contribution in [2.24, 2.45) is 5.73 Å². The molecular weight excluding hydrogens is 433 g/mol. The van der Waals surface area contributed by atoms with E-state index in [1.54, 1.807) is 9.58 Å². The minimum absolute atomic E-state index is 0.0679. The van der Waals surface area contributed by atoms with Crippen molar-refractivity contribution in [1.29, 1.82) is 0 Å². The Morgan fingerprint density at radius 3 is 2.53 bits per heavy atom. The number of amides is 3. The number of nitrogens with one attached hydrogen (secondary N) is 1. The van der Waals surface area contributed by atoms with Crippen molar-refractivity contribution in [1.82, 2.24) is 14.7 Å². The van der Waals surface area contributed by atoms with E-state index in [9.17, 15) is 14.0 Å². The number of carbonyl (C=O) groups excluding carboxylic acids is 2. The molecule has 0 bridgehead atoms. The lowest BCUT2D eigenvalue weighted by Gasteiger charge is -2.36. The van der Waals surface area contributed by atoms with Crippen LogP contribution in [0, 0.1) is 12.7 Å². The maximum Gasteiger partial charge on any atom is 0.322 e. The Kier molecular flexibility index (Phi) is 4.70. The van der Waals surface area contributed by atoms with Gasteiger partial charge in [-0.2, -0.15) is 5.10 Å². The van der Waals surface area contributed by atoms with Crippen molar-refractivity contribution >= 4 is 29.2 Å². The first-order valence-corrected chi connectivity index (χ1v) is 10.7. The molecule has 3 amide bonds. The van der Waals surface area contributed by atoms with E-state index in [4.69, 9.17) is 17.3 Å². The molecule has 1 aliphatic carbocycles. The van der Waals surface area contributed by atoms with E-state index in [0.717, 1.165) is 18.4 Å². The summed E-state index contributed by atoms with van der Waals surface area (Å²) in [6, 6.07) is 11.5. The summed E-state index contributed by atoms with van der Waals surface area (Å²) in [5.41, 5.74) is 8.78. The van der Waals surface area contributed by atoms with Gasteiger partial charge in [-0.3, -0.25) is 9.48 Å². The Morgan fingerprint density at radius 2 is 1.91 bits per heavy atom. The van der Waals surface area contributed by atoms with Crippen LogP contribution in [0.15, 0.2) is 42.5 Å². The zero-order valence-electron chi connectivity index (χ0n) is 17.4. The summed E-state index contributed by atoms with van der Waals surface area (Å²) >= 11 is 5.94. The third-order valence-corrected chi connectivity index (χ3v) is 6.49. The molecule has 1 spiro atoms. The number of nitrogens with zero attached hydrogens (tertiary/aromatic N) is 3. The summed E-state index contributed by atoms with van der Waals surface area (Å²) in [6.45, 7) is 2.63. The molecule has 1 saturated carbocycles. The zero-order valence-corrected chi connectivity index (χ0v) is 18.1. The summed E-state index contributed by atoms with van der Waals surface area (Å²) in [6.07, 6.45) is 1.69. The molecular formula is C23H21ClFN5O2. The molecule has 0 saturated heterocycles. The van der Waals surface area contributed by atoms with E-state index in [2.05, 4.69) is 10.4 Å². The maximum absolute atomic E-state index is 13.7. The van der Waals surface area contributed by atoms with Crippen LogP contribution in [-0.2, 0) is 13.1 Å². The average molecular weight is 454 g/mol. The highest BCUT2D eigenvalue weighted by molar-refractivity contribution is 6.31. The second kappa shape index (κ2) is 7.34. The van der Waals surface area contributed by atoms with Crippen LogP contribution in [0.25, 0.3) is 11.3 Å². The highest BCUT2D eigenvalue weighted by Crippen LogP contribution is 2.48. The number of anilines is 1. The van der Waals surface area contributed by atoms with Gasteiger partial charge >= 0.3 is 6.03 Å². The molecule has 1 aromatic heterocycles. The van der Waals surface area contributed by atoms with Crippen molar-refractivity contribution in [2.75, 3.05) is 5.32 Å². The van der Waals surface area contributed by atoms with E-state index in [0.29, 0.717) is 29.2 Å². The van der Waals surface area contributed by atoms with E-state index in [1.165, 1.54) is 18.2 Å². The Hall–Kier alpha value is -3.39. The molecule has 5 rings (SSSR count). The van der Waals surface area contributed by atoms with E-state index >= 15 is 0 Å². The molecule has 1 aliphatic heterocycles. The fourth-order valence-corrected chi connectivity index (χ4v) is 4.44. The number of hydrogen-bond acceptors (Lipinski definition) is 3. The molecule has 0 radical (unpaired) electrons. The predicted molar refractivity (Wildman–Crippen MR) is 119 cm³/mol. The van der Waals surface area contributed by atoms with Crippen LogP contribution in [0.5, 0.6) is 0 Å². The van der Waals surface area contributed by atoms with Crippen LogP contribution < -0.4 is 11.1 Å². The Labute approximate surface area is 189 Å². The van der Waals surface area contributed by atoms with Gasteiger partial charge in [0.25, 0.3) is 5.91 Å². The van der Waals surface area contributed by atoms with Gasteiger partial charge in [0.05, 0.1) is 34.9 Å². The van der Waals surface area contributed by atoms with Gasteiger partial charge < -0.3 is 16.0 Å². The lowest BCUT2D eigenvalue weighted by Crippen LogP contribution is -2.50. The lowest BCUT2D eigenvalue weighted by molar-refractivity contribution is 0.0992. The number of primary amides is 1. The molecule has 164 valence electrons. The Morgan fingerprint density at radius 1 is 1.19 bits per heavy atom. The minimum atomic E-state index is -0.660. The van der Waals surface area contributed by atoms with Crippen LogP contribution in [0.1, 0.15) is 34.5 Å². The van der Waals surface area contributed by atoms with Gasteiger partial charge in [0, 0.05) is 11.3 Å². The molecule has 7 nitrogen and oxygen atoms in total. The first-order chi connectivity index (χ1) is 15.3. The number of hydrogen-bond donors (Lipinski definition) is 2. The summed E-state index contributed by atoms with van der Waals surface area (Å²) in [5.74, 6) is -1.22. The zero-order chi connectivity index (χ0) is 22.6. The quantitative estimate of drug-likeness (QED) is 0.618. The Bertz CT molecular complexity index is 1250. The molecule has 32 heavy (non-hydrogen) atoms. The smallest absolute Gasteiger partial charge is 0.322 e. The van der Waals surface area contributed by atoms with Crippen molar-refractivity contribution < 1.29 is 14.0 Å². The molecule has 3 N–H and O–H groups in total. The highest BCUT2D eigenvalue weighted by Gasteiger charge is 2.54. The van der Waals surface area contributed by atoms with Gasteiger partial charge in [0.15, 0.2) is 0 Å². The van der Waals surface area contributed by atoms with Gasteiger partial charge in [0.2, 0.25) is 0 Å². The predicted octanol–water partition coefficient (Wildman–Crippen LogP) is 4.33. The summed E-state index contributed by atoms with van der Waals surface area (Å²) < 4.78 is 15.4. The first kappa shape index (κ1) is 20.5. The molecule has 0 atom stereocenters. The summed E-state index contributed by atoms with van der Waals surface area (Å²) in [5, 5.41) is 7.49. The largest absolute Gasteiger partial charge is 0.365 e. The van der Waals surface area contributed by atoms with Gasteiger partial charge in [-0.25, -0.2) is 9.18 Å². The Balaban J connectivity index is 1.51. The second-order valence-corrected chi connectivity index (χ2v) is 8.83. The van der Waals surface area contributed by atoms with Crippen molar-refractivity contribution in [3.63, 3.8) is 0 Å². The molecule has 9 heteroatoms. The average Bonchev–Trinajstić information content (AvgIpc) is 3.40. The third-order valence-electron chi connectivity index (χ3n) is 6.20. The summed E-state index contributed by atoms with van der Waals surface area (Å²) in [4.78, 5) is 27.3. The number of carbonyl (C=O) groups is 2. The van der Waals surface area contributed by atoms with Gasteiger partial charge in [-0.1, -0.05) is 29.3 Å². The summed E-state index contributed by atoms with van der Waals surface area (Å²) in [7, 11) is 0. The molecule has 2 aliphatic rings. The molecule has 0 unspecified atom stereocenters. The molecule has 2 heterocycles. The van der Waals surface area contributed by atoms with E-state index in [-0.39, 0.29) is 28.7 Å². The number of benzene rings is 2. The van der Waals surface area contributed by atoms with Crippen LogP contribution >= 0.6 is 11.6 Å². The molecule has 1 fully saturated rings. The fourth-order valence-electron chi connectivity index (χ4n) is 4.26. The van der Waals surface area contributed by atoms with Crippen molar-refractivity contribution in [2.45, 2.75) is 38.4 Å². The number of halogens is 2. The van der Waals surface area contributed by atoms with Crippen LogP contribution in [0.4, 0.5) is 14.9 Å². The maximum atomic E-state index is 13.7. The normalized spacial score (nSPS) is 16.0. The second-order valence-electron chi connectivity index (χ2n) is 8.43. The number of urea groups is 1. The topological polar surface area (TPSA) is 93.2 Å². The number of rotatable bonds is 3. The lowest BCUT2D eigenvalue weighted by atomic mass is 10.0. The number of nitrogens with two attached hydrogens (primary N) is 1. The number of aryl methyl sites for hydroxylation is 1. The highest BCUT2D eigenvalue weighted by atomic mass is 35.5. The minimum Gasteiger partial charge on any atom is -0.365 e. The van der Waals surface area contributed by atoms with Crippen molar-refractivity contribution in [3.8, 4) is 11.3 Å². The van der Waals surface area contributed by atoms with Crippen LogP contribution in [-0.4, -0.2) is 32.2 Å². The third kappa shape index (κ3) is 3.40.